The van der Waals surface area contributed by atoms with Gasteiger partial charge in [0.1, 0.15) is 11.3 Å². The topological polar surface area (TPSA) is 55.6 Å². The second-order valence-electron chi connectivity index (χ2n) is 5.40. The maximum absolute atomic E-state index is 4.58. The highest BCUT2D eigenvalue weighted by Crippen LogP contribution is 2.22. The van der Waals surface area contributed by atoms with Crippen molar-refractivity contribution in [3.05, 3.63) is 48.2 Å². The fourth-order valence-electron chi connectivity index (χ4n) is 2.53. The van der Waals surface area contributed by atoms with Crippen LogP contribution in [0.1, 0.15) is 31.3 Å². The lowest BCUT2D eigenvalue weighted by Crippen LogP contribution is -2.08. The van der Waals surface area contributed by atoms with Crippen molar-refractivity contribution in [1.82, 2.24) is 19.5 Å². The number of rotatable bonds is 6. The summed E-state index contributed by atoms with van der Waals surface area (Å²) in [4.78, 5) is 13.5. The van der Waals surface area contributed by atoms with E-state index in [1.54, 1.807) is 0 Å². The molecule has 0 radical (unpaired) electrons. The molecule has 114 valence electrons. The molecule has 0 saturated heterocycles. The number of aryl methyl sites for hydroxylation is 1. The number of anilines is 1. The van der Waals surface area contributed by atoms with Gasteiger partial charge in [0.15, 0.2) is 5.82 Å². The second kappa shape index (κ2) is 6.56. The summed E-state index contributed by atoms with van der Waals surface area (Å²) in [6.07, 6.45) is 6.17. The Morgan fingerprint density at radius 1 is 1.18 bits per heavy atom. The van der Waals surface area contributed by atoms with E-state index < -0.39 is 0 Å². The first-order valence-corrected chi connectivity index (χ1v) is 7.75. The molecule has 0 aliphatic carbocycles. The summed E-state index contributed by atoms with van der Waals surface area (Å²) in [7, 11) is 0. The smallest absolute Gasteiger partial charge is 0.154 e. The number of pyridine rings is 1. The number of nitrogens with one attached hydrogen (secondary N) is 1. The van der Waals surface area contributed by atoms with Gasteiger partial charge in [-0.2, -0.15) is 0 Å². The van der Waals surface area contributed by atoms with Crippen LogP contribution in [-0.4, -0.2) is 26.1 Å². The van der Waals surface area contributed by atoms with Gasteiger partial charge in [-0.25, -0.2) is 9.97 Å². The van der Waals surface area contributed by atoms with Crippen LogP contribution in [-0.2, 0) is 6.54 Å². The molecule has 1 N–H and O–H groups in total. The molecule has 0 unspecified atom stereocenters. The highest BCUT2D eigenvalue weighted by molar-refractivity contribution is 5.86. The molecule has 5 nitrogen and oxygen atoms in total. The molecule has 0 aromatic carbocycles. The third-order valence-corrected chi connectivity index (χ3v) is 3.60. The molecule has 0 atom stereocenters. The third kappa shape index (κ3) is 3.08. The Balaban J connectivity index is 1.96. The van der Waals surface area contributed by atoms with Gasteiger partial charge in [0.25, 0.3) is 0 Å². The van der Waals surface area contributed by atoms with Crippen molar-refractivity contribution in [2.24, 2.45) is 0 Å². The number of fused-ring (bicyclic) bond motifs is 1. The Morgan fingerprint density at radius 3 is 2.86 bits per heavy atom. The summed E-state index contributed by atoms with van der Waals surface area (Å²) in [5, 5.41) is 3.45. The third-order valence-electron chi connectivity index (χ3n) is 3.60. The predicted molar refractivity (Wildman–Crippen MR) is 89.0 cm³/mol. The van der Waals surface area contributed by atoms with Gasteiger partial charge < -0.3 is 9.88 Å². The lowest BCUT2D eigenvalue weighted by Gasteiger charge is -2.11. The molecule has 5 heteroatoms. The minimum absolute atomic E-state index is 0.721. The first-order valence-electron chi connectivity index (χ1n) is 7.75. The van der Waals surface area contributed by atoms with E-state index in [1.807, 2.05) is 37.4 Å². The summed E-state index contributed by atoms with van der Waals surface area (Å²) in [6, 6.07) is 8.01. The average molecular weight is 295 g/mol. The quantitative estimate of drug-likeness (QED) is 0.708. The fraction of sp³-hybridized carbons (Fsp3) is 0.353. The second-order valence-corrected chi connectivity index (χ2v) is 5.40. The maximum atomic E-state index is 4.58. The Kier molecular flexibility index (Phi) is 4.32. The minimum Gasteiger partial charge on any atom is -0.368 e. The Morgan fingerprint density at radius 2 is 2.09 bits per heavy atom. The standard InChI is InChI=1S/C17H21N5/c1-3-4-9-19-17-16-15(20-13(2)21-17)8-11-22(16)12-14-7-5-6-10-18-14/h5-8,10-11H,3-4,9,12H2,1-2H3,(H,19,20,21). The molecule has 0 fully saturated rings. The zero-order valence-corrected chi connectivity index (χ0v) is 13.1. The van der Waals surface area contributed by atoms with Gasteiger partial charge >= 0.3 is 0 Å². The molecule has 0 aliphatic heterocycles. The zero-order chi connectivity index (χ0) is 15.4. The Hall–Kier alpha value is -2.43. The molecule has 0 aliphatic rings. The van der Waals surface area contributed by atoms with Crippen molar-refractivity contribution in [2.75, 3.05) is 11.9 Å². The van der Waals surface area contributed by atoms with E-state index in [4.69, 9.17) is 0 Å². The zero-order valence-electron chi connectivity index (χ0n) is 13.1. The van der Waals surface area contributed by atoms with Crippen LogP contribution < -0.4 is 5.32 Å². The van der Waals surface area contributed by atoms with Crippen LogP contribution in [0.15, 0.2) is 36.7 Å². The summed E-state index contributed by atoms with van der Waals surface area (Å²) in [5.74, 6) is 1.71. The van der Waals surface area contributed by atoms with E-state index in [-0.39, 0.29) is 0 Å². The van der Waals surface area contributed by atoms with Crippen molar-refractivity contribution < 1.29 is 0 Å². The van der Waals surface area contributed by atoms with E-state index >= 15 is 0 Å². The Labute approximate surface area is 130 Å². The first kappa shape index (κ1) is 14.5. The van der Waals surface area contributed by atoms with Crippen molar-refractivity contribution in [3.8, 4) is 0 Å². The van der Waals surface area contributed by atoms with E-state index in [2.05, 4.69) is 38.0 Å². The van der Waals surface area contributed by atoms with Gasteiger partial charge in [0, 0.05) is 18.9 Å². The molecular formula is C17H21N5. The van der Waals surface area contributed by atoms with Crippen LogP contribution >= 0.6 is 0 Å². The molecule has 0 spiro atoms. The SMILES string of the molecule is CCCCNc1nc(C)nc2ccn(Cc3ccccn3)c12. The van der Waals surface area contributed by atoms with E-state index in [1.165, 1.54) is 0 Å². The molecule has 22 heavy (non-hydrogen) atoms. The Bertz CT molecular complexity index is 748. The van der Waals surface area contributed by atoms with Gasteiger partial charge in [-0.05, 0) is 31.5 Å². The fourth-order valence-corrected chi connectivity index (χ4v) is 2.53. The first-order chi connectivity index (χ1) is 10.8. The average Bonchev–Trinajstić information content (AvgIpc) is 2.91. The highest BCUT2D eigenvalue weighted by Gasteiger charge is 2.11. The molecule has 3 aromatic heterocycles. The van der Waals surface area contributed by atoms with Gasteiger partial charge in [-0.3, -0.25) is 4.98 Å². The van der Waals surface area contributed by atoms with E-state index in [0.29, 0.717) is 0 Å². The van der Waals surface area contributed by atoms with Gasteiger partial charge in [0.05, 0.1) is 17.8 Å². The van der Waals surface area contributed by atoms with Gasteiger partial charge in [-0.1, -0.05) is 19.4 Å². The summed E-state index contributed by atoms with van der Waals surface area (Å²) in [5.41, 5.74) is 3.05. The number of hydrogen-bond donors (Lipinski definition) is 1. The largest absolute Gasteiger partial charge is 0.368 e. The van der Waals surface area contributed by atoms with Crippen LogP contribution in [0, 0.1) is 6.92 Å². The molecule has 0 saturated carbocycles. The number of nitrogens with zero attached hydrogens (tertiary/aromatic N) is 4. The molecule has 3 rings (SSSR count). The molecule has 0 amide bonds. The van der Waals surface area contributed by atoms with Crippen LogP contribution in [0.2, 0.25) is 0 Å². The van der Waals surface area contributed by atoms with Crippen LogP contribution in [0.5, 0.6) is 0 Å². The summed E-state index contributed by atoms with van der Waals surface area (Å²) < 4.78 is 2.16. The van der Waals surface area contributed by atoms with Gasteiger partial charge in [-0.15, -0.1) is 0 Å². The highest BCUT2D eigenvalue weighted by atomic mass is 15.1. The maximum Gasteiger partial charge on any atom is 0.154 e. The number of hydrogen-bond acceptors (Lipinski definition) is 4. The van der Waals surface area contributed by atoms with Crippen molar-refractivity contribution in [3.63, 3.8) is 0 Å². The summed E-state index contributed by atoms with van der Waals surface area (Å²) >= 11 is 0. The van der Waals surface area contributed by atoms with Crippen LogP contribution in [0.3, 0.4) is 0 Å². The predicted octanol–water partition coefficient (Wildman–Crippen LogP) is 3.40. The van der Waals surface area contributed by atoms with E-state index in [0.717, 1.165) is 54.3 Å². The van der Waals surface area contributed by atoms with E-state index in [9.17, 15) is 0 Å². The van der Waals surface area contributed by atoms with Crippen LogP contribution in [0.25, 0.3) is 11.0 Å². The lowest BCUT2D eigenvalue weighted by molar-refractivity contribution is 0.800. The van der Waals surface area contributed by atoms with Crippen molar-refractivity contribution in [2.45, 2.75) is 33.2 Å². The summed E-state index contributed by atoms with van der Waals surface area (Å²) in [6.45, 7) is 5.77. The lowest BCUT2D eigenvalue weighted by atomic mass is 10.3. The normalized spacial score (nSPS) is 11.0. The molecule has 0 bridgehead atoms. The van der Waals surface area contributed by atoms with Crippen LogP contribution in [0.4, 0.5) is 5.82 Å². The number of aromatic nitrogens is 4. The number of unbranched alkanes of at least 4 members (excludes halogenated alkanes) is 1. The molecule has 3 heterocycles. The van der Waals surface area contributed by atoms with Crippen molar-refractivity contribution in [1.29, 1.82) is 0 Å². The minimum atomic E-state index is 0.721. The van der Waals surface area contributed by atoms with Crippen molar-refractivity contribution >= 4 is 16.9 Å². The molecule has 3 aromatic rings. The monoisotopic (exact) mass is 295 g/mol. The molecular weight excluding hydrogens is 274 g/mol. The van der Waals surface area contributed by atoms with Gasteiger partial charge in [0.2, 0.25) is 0 Å².